The van der Waals surface area contributed by atoms with E-state index in [4.69, 9.17) is 23.2 Å². The summed E-state index contributed by atoms with van der Waals surface area (Å²) in [6.45, 7) is 1.85. The van der Waals surface area contributed by atoms with Gasteiger partial charge in [0.05, 0.1) is 21.4 Å². The van der Waals surface area contributed by atoms with Gasteiger partial charge in [0.1, 0.15) is 11.4 Å². The number of nitrogens with one attached hydrogen (secondary N) is 1. The zero-order valence-corrected chi connectivity index (χ0v) is 15.1. The van der Waals surface area contributed by atoms with Gasteiger partial charge in [0.2, 0.25) is 0 Å². The number of aryl methyl sites for hydroxylation is 1. The number of hydrogen-bond acceptors (Lipinski definition) is 3. The van der Waals surface area contributed by atoms with E-state index in [1.807, 2.05) is 13.0 Å². The number of phenolic OH excluding ortho intramolecular Hbond substituents is 1. The molecule has 0 bridgehead atoms. The first-order valence-corrected chi connectivity index (χ1v) is 8.58. The summed E-state index contributed by atoms with van der Waals surface area (Å²) in [5.41, 5.74) is 3.49. The minimum Gasteiger partial charge on any atom is -0.507 e. The van der Waals surface area contributed by atoms with Crippen molar-refractivity contribution in [1.82, 2.24) is 14.6 Å². The maximum Gasteiger partial charge on any atom is 0.251 e. The molecule has 0 radical (unpaired) electrons. The zero-order valence-electron chi connectivity index (χ0n) is 13.6. The van der Waals surface area contributed by atoms with E-state index < -0.39 is 0 Å². The fraction of sp³-hybridized carbons (Fsp3) is 0.0526. The highest BCUT2D eigenvalue weighted by Gasteiger charge is 2.18. The van der Waals surface area contributed by atoms with Crippen LogP contribution in [0.2, 0.25) is 10.0 Å². The number of H-pyrrole nitrogens is 1. The van der Waals surface area contributed by atoms with Crippen LogP contribution in [0.3, 0.4) is 0 Å². The molecule has 0 atom stereocenters. The van der Waals surface area contributed by atoms with Crippen molar-refractivity contribution < 1.29 is 5.11 Å². The van der Waals surface area contributed by atoms with E-state index >= 15 is 0 Å². The van der Waals surface area contributed by atoms with Crippen molar-refractivity contribution >= 4 is 28.8 Å². The van der Waals surface area contributed by atoms with Crippen molar-refractivity contribution in [3.8, 4) is 28.1 Å². The van der Waals surface area contributed by atoms with Gasteiger partial charge in [0.15, 0.2) is 0 Å². The molecule has 0 aliphatic heterocycles. The van der Waals surface area contributed by atoms with E-state index in [1.54, 1.807) is 40.9 Å². The Morgan fingerprint density at radius 2 is 1.85 bits per heavy atom. The summed E-state index contributed by atoms with van der Waals surface area (Å²) < 4.78 is 1.61. The third-order valence-electron chi connectivity index (χ3n) is 4.19. The molecule has 0 saturated heterocycles. The van der Waals surface area contributed by atoms with Crippen LogP contribution in [0, 0.1) is 6.92 Å². The molecular weight excluding hydrogens is 373 g/mol. The molecule has 4 aromatic rings. The summed E-state index contributed by atoms with van der Waals surface area (Å²) >= 11 is 12.2. The molecule has 2 N–H and O–H groups in total. The SMILES string of the molecule is Cc1nn2c(-c3ccccc3O)cc(=O)[nH]c2c1-c1ccc(Cl)c(Cl)c1. The Morgan fingerprint density at radius 1 is 1.08 bits per heavy atom. The van der Waals surface area contributed by atoms with Crippen LogP contribution in [-0.4, -0.2) is 19.7 Å². The van der Waals surface area contributed by atoms with Gasteiger partial charge in [-0.1, -0.05) is 41.4 Å². The fourth-order valence-corrected chi connectivity index (χ4v) is 3.33. The maximum absolute atomic E-state index is 12.3. The Kier molecular flexibility index (Phi) is 3.98. The average molecular weight is 386 g/mol. The van der Waals surface area contributed by atoms with Crippen molar-refractivity contribution in [3.63, 3.8) is 0 Å². The predicted octanol–water partition coefficient (Wildman–Crippen LogP) is 4.68. The molecule has 2 aromatic heterocycles. The summed E-state index contributed by atoms with van der Waals surface area (Å²) in [4.78, 5) is 15.1. The van der Waals surface area contributed by atoms with Crippen molar-refractivity contribution in [2.45, 2.75) is 6.92 Å². The van der Waals surface area contributed by atoms with Crippen LogP contribution >= 0.6 is 23.2 Å². The molecule has 0 fully saturated rings. The number of benzene rings is 2. The van der Waals surface area contributed by atoms with E-state index in [0.717, 1.165) is 11.1 Å². The molecule has 5 nitrogen and oxygen atoms in total. The molecule has 0 aliphatic rings. The summed E-state index contributed by atoms with van der Waals surface area (Å²) in [5.74, 6) is 0.0728. The van der Waals surface area contributed by atoms with Crippen molar-refractivity contribution in [2.75, 3.05) is 0 Å². The van der Waals surface area contributed by atoms with Crippen LogP contribution in [0.5, 0.6) is 5.75 Å². The third kappa shape index (κ3) is 2.66. The molecule has 130 valence electrons. The number of nitrogens with zero attached hydrogens (tertiary/aromatic N) is 2. The van der Waals surface area contributed by atoms with E-state index in [-0.39, 0.29) is 11.3 Å². The molecule has 26 heavy (non-hydrogen) atoms. The minimum absolute atomic E-state index is 0.0728. The largest absolute Gasteiger partial charge is 0.507 e. The van der Waals surface area contributed by atoms with Gasteiger partial charge in [-0.25, -0.2) is 4.52 Å². The molecule has 0 unspecified atom stereocenters. The second-order valence-electron chi connectivity index (χ2n) is 5.89. The van der Waals surface area contributed by atoms with Gasteiger partial charge in [0.25, 0.3) is 5.56 Å². The number of aromatic amines is 1. The first kappa shape index (κ1) is 16.7. The summed E-state index contributed by atoms with van der Waals surface area (Å²) in [5, 5.41) is 15.6. The van der Waals surface area contributed by atoms with E-state index in [9.17, 15) is 9.90 Å². The quantitative estimate of drug-likeness (QED) is 0.526. The number of aromatic nitrogens is 3. The van der Waals surface area contributed by atoms with Crippen LogP contribution < -0.4 is 5.56 Å². The van der Waals surface area contributed by atoms with Crippen LogP contribution in [0.25, 0.3) is 28.0 Å². The molecule has 4 rings (SSSR count). The fourth-order valence-electron chi connectivity index (χ4n) is 3.03. The summed E-state index contributed by atoms with van der Waals surface area (Å²) in [6.07, 6.45) is 0. The van der Waals surface area contributed by atoms with Crippen LogP contribution in [0.1, 0.15) is 5.69 Å². The Balaban J connectivity index is 2.06. The van der Waals surface area contributed by atoms with Gasteiger partial charge in [-0.2, -0.15) is 5.10 Å². The molecule has 0 amide bonds. The summed E-state index contributed by atoms with van der Waals surface area (Å²) in [6, 6.07) is 13.5. The Hall–Kier alpha value is -2.76. The Labute approximate surface area is 158 Å². The number of para-hydroxylation sites is 1. The Morgan fingerprint density at radius 3 is 2.58 bits per heavy atom. The first-order valence-electron chi connectivity index (χ1n) is 7.82. The lowest BCUT2D eigenvalue weighted by Crippen LogP contribution is -2.09. The second kappa shape index (κ2) is 6.20. The number of fused-ring (bicyclic) bond motifs is 1. The topological polar surface area (TPSA) is 70.4 Å². The molecule has 0 aliphatic carbocycles. The average Bonchev–Trinajstić information content (AvgIpc) is 2.93. The monoisotopic (exact) mass is 385 g/mol. The third-order valence-corrected chi connectivity index (χ3v) is 4.93. The highest BCUT2D eigenvalue weighted by Crippen LogP contribution is 2.34. The van der Waals surface area contributed by atoms with Crippen LogP contribution in [-0.2, 0) is 0 Å². The van der Waals surface area contributed by atoms with Gasteiger partial charge in [-0.3, -0.25) is 4.79 Å². The maximum atomic E-state index is 12.3. The highest BCUT2D eigenvalue weighted by atomic mass is 35.5. The number of phenols is 1. The van der Waals surface area contributed by atoms with Gasteiger partial charge >= 0.3 is 0 Å². The lowest BCUT2D eigenvalue weighted by Gasteiger charge is -2.07. The van der Waals surface area contributed by atoms with E-state index in [1.165, 1.54) is 6.07 Å². The predicted molar refractivity (Wildman–Crippen MR) is 103 cm³/mol. The molecule has 7 heteroatoms. The van der Waals surface area contributed by atoms with Crippen molar-refractivity contribution in [2.24, 2.45) is 0 Å². The number of aromatic hydroxyl groups is 1. The lowest BCUT2D eigenvalue weighted by molar-refractivity contribution is 0.477. The highest BCUT2D eigenvalue weighted by molar-refractivity contribution is 6.42. The number of halogens is 2. The van der Waals surface area contributed by atoms with Crippen molar-refractivity contribution in [3.05, 3.63) is 74.6 Å². The smallest absolute Gasteiger partial charge is 0.251 e. The molecule has 0 spiro atoms. The van der Waals surface area contributed by atoms with Gasteiger partial charge < -0.3 is 10.1 Å². The molecule has 2 aromatic carbocycles. The van der Waals surface area contributed by atoms with Crippen LogP contribution in [0.15, 0.2) is 53.3 Å². The summed E-state index contributed by atoms with van der Waals surface area (Å²) in [7, 11) is 0. The number of hydrogen-bond donors (Lipinski definition) is 2. The second-order valence-corrected chi connectivity index (χ2v) is 6.70. The van der Waals surface area contributed by atoms with Gasteiger partial charge in [0, 0.05) is 17.2 Å². The van der Waals surface area contributed by atoms with Gasteiger partial charge in [-0.05, 0) is 36.8 Å². The Bertz CT molecular complexity index is 1210. The van der Waals surface area contributed by atoms with Gasteiger partial charge in [-0.15, -0.1) is 0 Å². The van der Waals surface area contributed by atoms with E-state index in [0.29, 0.717) is 32.6 Å². The normalized spacial score (nSPS) is 11.2. The van der Waals surface area contributed by atoms with E-state index in [2.05, 4.69) is 10.1 Å². The minimum atomic E-state index is -0.294. The standard InChI is InChI=1S/C19H13Cl2N3O2/c1-10-18(11-6-7-13(20)14(21)8-11)19-22-17(26)9-15(24(19)23-10)12-4-2-3-5-16(12)25/h2-9,25H,1H3,(H,22,26). The molecular formula is C19H13Cl2N3O2. The molecule has 0 saturated carbocycles. The number of rotatable bonds is 2. The zero-order chi connectivity index (χ0) is 18.4. The lowest BCUT2D eigenvalue weighted by atomic mass is 10.1. The molecule has 2 heterocycles. The van der Waals surface area contributed by atoms with Crippen LogP contribution in [0.4, 0.5) is 0 Å². The van der Waals surface area contributed by atoms with Crippen molar-refractivity contribution in [1.29, 1.82) is 0 Å². The first-order chi connectivity index (χ1) is 12.5.